The third-order valence-corrected chi connectivity index (χ3v) is 7.71. The van der Waals surface area contributed by atoms with E-state index in [-0.39, 0.29) is 5.91 Å². The Kier molecular flexibility index (Phi) is 6.53. The largest absolute Gasteiger partial charge is 0.379 e. The highest BCUT2D eigenvalue weighted by molar-refractivity contribution is 7.22. The Balaban J connectivity index is 1.45. The van der Waals surface area contributed by atoms with E-state index in [0.29, 0.717) is 6.54 Å². The molecule has 5 rings (SSSR count). The summed E-state index contributed by atoms with van der Waals surface area (Å²) in [7, 11) is 0. The van der Waals surface area contributed by atoms with Crippen LogP contribution in [0.5, 0.6) is 0 Å². The molecule has 3 aromatic rings. The number of aryl methyl sites for hydroxylation is 3. The van der Waals surface area contributed by atoms with Crippen molar-refractivity contribution in [3.05, 3.63) is 58.7 Å². The van der Waals surface area contributed by atoms with E-state index in [1.54, 1.807) is 11.3 Å². The molecule has 0 radical (unpaired) electrons. The summed E-state index contributed by atoms with van der Waals surface area (Å²) in [5, 5.41) is 0.796. The number of carbonyl (C=O) groups is 1. The molecule has 1 saturated heterocycles. The fraction of sp³-hybridized carbons (Fsp3) is 0.462. The number of hydrogen-bond acceptors (Lipinski definition) is 5. The van der Waals surface area contributed by atoms with Crippen LogP contribution < -0.4 is 4.90 Å². The minimum atomic E-state index is 0.0569. The van der Waals surface area contributed by atoms with Gasteiger partial charge in [0.2, 0.25) is 0 Å². The van der Waals surface area contributed by atoms with E-state index in [4.69, 9.17) is 9.72 Å². The average Bonchev–Trinajstić information content (AvgIpc) is 3.27. The third kappa shape index (κ3) is 4.58. The maximum Gasteiger partial charge on any atom is 0.260 e. The van der Waals surface area contributed by atoms with Crippen LogP contribution in [0.3, 0.4) is 0 Å². The van der Waals surface area contributed by atoms with E-state index in [0.717, 1.165) is 73.0 Å². The minimum absolute atomic E-state index is 0.0569. The van der Waals surface area contributed by atoms with Crippen LogP contribution in [-0.4, -0.2) is 55.2 Å². The predicted octanol–water partition coefficient (Wildman–Crippen LogP) is 4.72. The summed E-state index contributed by atoms with van der Waals surface area (Å²) in [6, 6.07) is 12.7. The van der Waals surface area contributed by atoms with Gasteiger partial charge < -0.3 is 4.74 Å². The zero-order chi connectivity index (χ0) is 21.9. The molecule has 0 unspecified atom stereocenters. The second-order valence-corrected chi connectivity index (χ2v) is 9.76. The highest BCUT2D eigenvalue weighted by Gasteiger charge is 2.24. The van der Waals surface area contributed by atoms with E-state index in [1.807, 2.05) is 11.0 Å². The number of nitrogens with zero attached hydrogens (tertiary/aromatic N) is 3. The van der Waals surface area contributed by atoms with E-state index in [2.05, 4.69) is 42.2 Å². The lowest BCUT2D eigenvalue weighted by molar-refractivity contribution is 0.0391. The standard InChI is InChI=1S/C26H31N3O2S/c1-2-19-7-10-23-24(17-19)32-26(27-23)29(12-11-28-13-15-31-16-14-28)25(30)22-9-8-20-5-3-4-6-21(20)18-22/h7-10,17-18H,2-6,11-16H2,1H3. The first-order chi connectivity index (χ1) is 15.7. The Bertz CT molecular complexity index is 1100. The maximum absolute atomic E-state index is 13.8. The van der Waals surface area contributed by atoms with Crippen LogP contribution in [-0.2, 0) is 24.0 Å². The maximum atomic E-state index is 13.8. The van der Waals surface area contributed by atoms with Gasteiger partial charge in [-0.25, -0.2) is 4.98 Å². The molecule has 32 heavy (non-hydrogen) atoms. The van der Waals surface area contributed by atoms with E-state index in [1.165, 1.54) is 29.5 Å². The van der Waals surface area contributed by atoms with Crippen LogP contribution in [0.2, 0.25) is 0 Å². The molecule has 1 amide bonds. The summed E-state index contributed by atoms with van der Waals surface area (Å²) in [6.45, 7) is 6.99. The van der Waals surface area contributed by atoms with Gasteiger partial charge in [-0.3, -0.25) is 14.6 Å². The van der Waals surface area contributed by atoms with Crippen molar-refractivity contribution in [3.8, 4) is 0 Å². The summed E-state index contributed by atoms with van der Waals surface area (Å²) in [6.07, 6.45) is 5.66. The molecule has 0 bridgehead atoms. The monoisotopic (exact) mass is 449 g/mol. The van der Waals surface area contributed by atoms with Crippen molar-refractivity contribution in [2.24, 2.45) is 0 Å². The quantitative estimate of drug-likeness (QED) is 0.546. The van der Waals surface area contributed by atoms with E-state index < -0.39 is 0 Å². The van der Waals surface area contributed by atoms with Gasteiger partial charge in [0, 0.05) is 31.7 Å². The number of anilines is 1. The molecular formula is C26H31N3O2S. The molecule has 1 aliphatic carbocycles. The van der Waals surface area contributed by atoms with Gasteiger partial charge in [0.05, 0.1) is 23.4 Å². The lowest BCUT2D eigenvalue weighted by Gasteiger charge is -2.29. The Morgan fingerprint density at radius 2 is 1.91 bits per heavy atom. The molecule has 2 aliphatic rings. The molecular weight excluding hydrogens is 418 g/mol. The topological polar surface area (TPSA) is 45.7 Å². The highest BCUT2D eigenvalue weighted by Crippen LogP contribution is 2.31. The first kappa shape index (κ1) is 21.6. The zero-order valence-corrected chi connectivity index (χ0v) is 19.6. The van der Waals surface area contributed by atoms with Gasteiger partial charge in [0.25, 0.3) is 5.91 Å². The van der Waals surface area contributed by atoms with Gasteiger partial charge in [-0.1, -0.05) is 30.4 Å². The zero-order valence-electron chi connectivity index (χ0n) is 18.8. The molecule has 1 aliphatic heterocycles. The number of rotatable bonds is 6. The van der Waals surface area contributed by atoms with Gasteiger partial charge in [-0.2, -0.15) is 0 Å². The SMILES string of the molecule is CCc1ccc2nc(N(CCN3CCOCC3)C(=O)c3ccc4c(c3)CCCC4)sc2c1. The van der Waals surface area contributed by atoms with Crippen LogP contribution >= 0.6 is 11.3 Å². The van der Waals surface area contributed by atoms with Crippen molar-refractivity contribution in [2.75, 3.05) is 44.3 Å². The summed E-state index contributed by atoms with van der Waals surface area (Å²) in [5.41, 5.74) is 5.79. The lowest BCUT2D eigenvalue weighted by atomic mass is 9.90. The Morgan fingerprint density at radius 1 is 1.09 bits per heavy atom. The second-order valence-electron chi connectivity index (χ2n) is 8.75. The molecule has 6 heteroatoms. The number of aromatic nitrogens is 1. The van der Waals surface area contributed by atoms with Crippen LogP contribution in [0, 0.1) is 0 Å². The van der Waals surface area contributed by atoms with E-state index >= 15 is 0 Å². The summed E-state index contributed by atoms with van der Waals surface area (Å²) in [4.78, 5) is 22.9. The molecule has 0 spiro atoms. The summed E-state index contributed by atoms with van der Waals surface area (Å²) < 4.78 is 6.64. The summed E-state index contributed by atoms with van der Waals surface area (Å²) in [5.74, 6) is 0.0569. The third-order valence-electron chi connectivity index (χ3n) is 6.66. The lowest BCUT2D eigenvalue weighted by Crippen LogP contribution is -2.43. The Hall–Kier alpha value is -2.28. The van der Waals surface area contributed by atoms with Gasteiger partial charge in [0.1, 0.15) is 0 Å². The van der Waals surface area contributed by atoms with Gasteiger partial charge in [0.15, 0.2) is 5.13 Å². The number of morpholine rings is 1. The van der Waals surface area contributed by atoms with Crippen molar-refractivity contribution in [3.63, 3.8) is 0 Å². The molecule has 2 heterocycles. The van der Waals surface area contributed by atoms with Crippen molar-refractivity contribution >= 4 is 32.6 Å². The Morgan fingerprint density at radius 3 is 2.72 bits per heavy atom. The molecule has 1 aromatic heterocycles. The van der Waals surface area contributed by atoms with Crippen LogP contribution in [0.1, 0.15) is 46.8 Å². The van der Waals surface area contributed by atoms with Crippen LogP contribution in [0.4, 0.5) is 5.13 Å². The van der Waals surface area contributed by atoms with Gasteiger partial charge in [-0.05, 0) is 73.1 Å². The molecule has 5 nitrogen and oxygen atoms in total. The molecule has 0 N–H and O–H groups in total. The number of fused-ring (bicyclic) bond motifs is 2. The number of carbonyl (C=O) groups excluding carboxylic acids is 1. The van der Waals surface area contributed by atoms with Crippen molar-refractivity contribution in [1.29, 1.82) is 0 Å². The normalized spacial score (nSPS) is 16.8. The molecule has 168 valence electrons. The smallest absolute Gasteiger partial charge is 0.260 e. The van der Waals surface area contributed by atoms with Gasteiger partial charge >= 0.3 is 0 Å². The first-order valence-electron chi connectivity index (χ1n) is 11.8. The molecule has 0 saturated carbocycles. The van der Waals surface area contributed by atoms with Crippen LogP contribution in [0.15, 0.2) is 36.4 Å². The molecule has 0 atom stereocenters. The number of amides is 1. The fourth-order valence-electron chi connectivity index (χ4n) is 4.66. The average molecular weight is 450 g/mol. The molecule has 1 fully saturated rings. The fourth-order valence-corrected chi connectivity index (χ4v) is 5.72. The summed E-state index contributed by atoms with van der Waals surface area (Å²) >= 11 is 1.62. The first-order valence-corrected chi connectivity index (χ1v) is 12.7. The Labute approximate surface area is 194 Å². The van der Waals surface area contributed by atoms with Crippen LogP contribution in [0.25, 0.3) is 10.2 Å². The van der Waals surface area contributed by atoms with Crippen molar-refractivity contribution < 1.29 is 9.53 Å². The van der Waals surface area contributed by atoms with E-state index in [9.17, 15) is 4.79 Å². The predicted molar refractivity (Wildman–Crippen MR) is 131 cm³/mol. The number of thiazole rings is 1. The van der Waals surface area contributed by atoms with Crippen molar-refractivity contribution in [2.45, 2.75) is 39.0 Å². The number of benzene rings is 2. The molecule has 2 aromatic carbocycles. The number of hydrogen-bond donors (Lipinski definition) is 0. The highest BCUT2D eigenvalue weighted by atomic mass is 32.1. The number of ether oxygens (including phenoxy) is 1. The van der Waals surface area contributed by atoms with Gasteiger partial charge in [-0.15, -0.1) is 0 Å². The van der Waals surface area contributed by atoms with Crippen molar-refractivity contribution in [1.82, 2.24) is 9.88 Å². The second kappa shape index (κ2) is 9.69. The minimum Gasteiger partial charge on any atom is -0.379 e.